The maximum absolute atomic E-state index is 12.2. The smallest absolute Gasteiger partial charge is 0.297 e. The zero-order chi connectivity index (χ0) is 38.1. The maximum atomic E-state index is 12.2. The fourth-order valence-electron chi connectivity index (χ4n) is 5.08. The number of rotatable bonds is 9. The molecule has 18 heteroatoms. The van der Waals surface area contributed by atoms with Crippen LogP contribution in [0.1, 0.15) is 25.0 Å². The molecule has 2 aliphatic heterocycles. The van der Waals surface area contributed by atoms with Crippen molar-refractivity contribution in [1.29, 1.82) is 0 Å². The van der Waals surface area contributed by atoms with Gasteiger partial charge in [0.1, 0.15) is 18.5 Å². The predicted octanol–water partition coefficient (Wildman–Crippen LogP) is 0.566. The first kappa shape index (κ1) is 42.6. The van der Waals surface area contributed by atoms with Gasteiger partial charge >= 0.3 is 0 Å². The van der Waals surface area contributed by atoms with Crippen LogP contribution in [0.2, 0.25) is 0 Å². The summed E-state index contributed by atoms with van der Waals surface area (Å²) in [6.45, 7) is 6.65. The average molecular weight is 761 g/mol. The molecule has 10 atom stereocenters. The number of aliphatic hydroxyl groups excluding tert-OH is 5. The van der Waals surface area contributed by atoms with E-state index in [1.807, 2.05) is 13.8 Å². The van der Waals surface area contributed by atoms with Crippen molar-refractivity contribution < 1.29 is 65.5 Å². The lowest BCUT2D eigenvalue weighted by atomic mass is 9.91. The lowest BCUT2D eigenvalue weighted by Gasteiger charge is -2.40. The number of benzene rings is 2. The first-order valence-electron chi connectivity index (χ1n) is 15.9. The number of hydrogen-bond donors (Lipinski definition) is 5. The summed E-state index contributed by atoms with van der Waals surface area (Å²) in [6, 6.07) is 13.0. The van der Waals surface area contributed by atoms with E-state index < -0.39 is 75.3 Å². The Balaban J connectivity index is 0.000000218. The minimum atomic E-state index is -3.92. The molecule has 2 aromatic carbocycles. The standard InChI is InChI=1S/C15H22O7S.C10H10N2O2S.C8H16O5/c1-9-4-6-11(7-5-9)23(18,19)21-8-12-10(2)13(16)14(17)15(20-3)22-12;1-9-2-4-10(5-3-9)15(13,14)12-7-6-11-8-12;1-4-5(3-9)13-8(12-2)7(11)6(4)10/h4-7,10,12-17H,8H2,1-3H3;2-8H,1H3;4-11H,3H2,1-2H3/t10-,12?,13+,14-,15?;;4-,5?,6+,7-,8?/m0.0/s1. The van der Waals surface area contributed by atoms with E-state index in [0.717, 1.165) is 15.1 Å². The van der Waals surface area contributed by atoms with Crippen molar-refractivity contribution in [3.63, 3.8) is 0 Å². The molecule has 3 aromatic rings. The van der Waals surface area contributed by atoms with Gasteiger partial charge in [-0.3, -0.25) is 4.18 Å². The van der Waals surface area contributed by atoms with Gasteiger partial charge in [-0.05, 0) is 38.1 Å². The Morgan fingerprint density at radius 3 is 1.61 bits per heavy atom. The molecule has 2 saturated heterocycles. The summed E-state index contributed by atoms with van der Waals surface area (Å²) in [5.74, 6) is -0.809. The Morgan fingerprint density at radius 2 is 1.18 bits per heavy atom. The SMILES string of the molecule is COC1OC(CO)[C@H](C)[C@@H](O)[C@@H]1O.COC1OC(COS(=O)(=O)c2ccc(C)cc2)[C@H](C)[C@@H](O)[C@@H]1O.Cc1ccc(S(=O)(=O)n2ccnc2)cc1. The molecule has 0 aliphatic carbocycles. The molecule has 3 heterocycles. The monoisotopic (exact) mass is 760 g/mol. The number of imidazole rings is 1. The second-order valence-electron chi connectivity index (χ2n) is 12.2. The molecule has 16 nitrogen and oxygen atoms in total. The molecule has 0 radical (unpaired) electrons. The predicted molar refractivity (Wildman–Crippen MR) is 181 cm³/mol. The third-order valence-electron chi connectivity index (χ3n) is 8.54. The van der Waals surface area contributed by atoms with Crippen LogP contribution in [0.25, 0.3) is 0 Å². The molecule has 0 amide bonds. The van der Waals surface area contributed by atoms with Crippen LogP contribution in [-0.4, -0.2) is 128 Å². The van der Waals surface area contributed by atoms with E-state index in [1.165, 1.54) is 45.1 Å². The van der Waals surface area contributed by atoms with E-state index >= 15 is 0 Å². The number of hydrogen-bond acceptors (Lipinski definition) is 15. The van der Waals surface area contributed by atoms with Gasteiger partial charge in [0, 0.05) is 38.4 Å². The van der Waals surface area contributed by atoms with Crippen LogP contribution in [0, 0.1) is 25.7 Å². The molecule has 0 spiro atoms. The van der Waals surface area contributed by atoms with Gasteiger partial charge in [0.2, 0.25) is 0 Å². The zero-order valence-corrected chi connectivity index (χ0v) is 30.8. The lowest BCUT2D eigenvalue weighted by Crippen LogP contribution is -2.55. The number of methoxy groups -OCH3 is 2. The Labute approximate surface area is 298 Å². The Bertz CT molecular complexity index is 1670. The summed E-state index contributed by atoms with van der Waals surface area (Å²) in [5, 5.41) is 47.7. The number of nitrogens with zero attached hydrogens (tertiary/aromatic N) is 2. The zero-order valence-electron chi connectivity index (χ0n) is 29.2. The highest BCUT2D eigenvalue weighted by molar-refractivity contribution is 7.90. The second-order valence-corrected chi connectivity index (χ2v) is 15.6. The van der Waals surface area contributed by atoms with E-state index in [4.69, 9.17) is 28.2 Å². The van der Waals surface area contributed by atoms with Gasteiger partial charge in [0.15, 0.2) is 12.6 Å². The highest BCUT2D eigenvalue weighted by Gasteiger charge is 2.43. The average Bonchev–Trinajstić information content (AvgIpc) is 3.67. The van der Waals surface area contributed by atoms with Gasteiger partial charge in [0.25, 0.3) is 20.1 Å². The van der Waals surface area contributed by atoms with Crippen molar-refractivity contribution in [3.05, 3.63) is 78.4 Å². The van der Waals surface area contributed by atoms with Gasteiger partial charge < -0.3 is 44.5 Å². The first-order chi connectivity index (χ1) is 24.0. The molecule has 5 N–H and O–H groups in total. The molecule has 1 aromatic heterocycles. The molecule has 2 aliphatic rings. The van der Waals surface area contributed by atoms with Gasteiger partial charge in [-0.2, -0.15) is 8.42 Å². The highest BCUT2D eigenvalue weighted by atomic mass is 32.2. The van der Waals surface area contributed by atoms with Crippen molar-refractivity contribution in [2.75, 3.05) is 27.4 Å². The highest BCUT2D eigenvalue weighted by Crippen LogP contribution is 2.28. The van der Waals surface area contributed by atoms with Crippen molar-refractivity contribution in [2.24, 2.45) is 11.8 Å². The Kier molecular flexibility index (Phi) is 15.7. The van der Waals surface area contributed by atoms with Crippen LogP contribution >= 0.6 is 0 Å². The molecular formula is C33H48N2O14S2. The number of aliphatic hydroxyl groups is 5. The summed E-state index contributed by atoms with van der Waals surface area (Å²) >= 11 is 0. The van der Waals surface area contributed by atoms with Crippen molar-refractivity contribution >= 4 is 20.1 Å². The van der Waals surface area contributed by atoms with E-state index in [9.17, 15) is 37.3 Å². The second kappa shape index (κ2) is 18.8. The number of aryl methyl sites for hydroxylation is 2. The molecule has 0 bridgehead atoms. The summed E-state index contributed by atoms with van der Waals surface area (Å²) < 4.78 is 74.7. The minimum Gasteiger partial charge on any atom is -0.394 e. The summed E-state index contributed by atoms with van der Waals surface area (Å²) in [6.07, 6.45) is -3.24. The van der Waals surface area contributed by atoms with E-state index in [1.54, 1.807) is 50.2 Å². The molecule has 5 rings (SSSR count). The van der Waals surface area contributed by atoms with Crippen LogP contribution in [-0.2, 0) is 43.3 Å². The lowest BCUT2D eigenvalue weighted by molar-refractivity contribution is -0.280. The van der Waals surface area contributed by atoms with Crippen LogP contribution in [0.15, 0.2) is 77.0 Å². The third kappa shape index (κ3) is 10.8. The molecule has 4 unspecified atom stereocenters. The van der Waals surface area contributed by atoms with Gasteiger partial charge in [0.05, 0.1) is 47.4 Å². The largest absolute Gasteiger partial charge is 0.394 e. The van der Waals surface area contributed by atoms with E-state index in [-0.39, 0.29) is 28.9 Å². The fourth-order valence-corrected chi connectivity index (χ4v) is 7.11. The maximum Gasteiger partial charge on any atom is 0.297 e. The molecular weight excluding hydrogens is 712 g/mol. The van der Waals surface area contributed by atoms with Gasteiger partial charge in [-0.15, -0.1) is 0 Å². The van der Waals surface area contributed by atoms with Crippen molar-refractivity contribution in [1.82, 2.24) is 8.96 Å². The number of aromatic nitrogens is 2. The topological polar surface area (TPSA) is 233 Å². The summed E-state index contributed by atoms with van der Waals surface area (Å²) in [7, 11) is -4.67. The van der Waals surface area contributed by atoms with E-state index in [2.05, 4.69) is 4.98 Å². The first-order valence-corrected chi connectivity index (χ1v) is 18.8. The van der Waals surface area contributed by atoms with Crippen LogP contribution in [0.5, 0.6) is 0 Å². The van der Waals surface area contributed by atoms with Gasteiger partial charge in [-0.25, -0.2) is 17.4 Å². The van der Waals surface area contributed by atoms with E-state index in [0.29, 0.717) is 0 Å². The molecule has 2 fully saturated rings. The fraction of sp³-hybridized carbons (Fsp3) is 0.545. The van der Waals surface area contributed by atoms with Crippen molar-refractivity contribution in [2.45, 2.75) is 86.7 Å². The van der Waals surface area contributed by atoms with Gasteiger partial charge in [-0.1, -0.05) is 49.2 Å². The third-order valence-corrected chi connectivity index (χ3v) is 11.5. The Hall–Kier alpha value is -2.85. The van der Waals surface area contributed by atoms with Crippen molar-refractivity contribution in [3.8, 4) is 0 Å². The number of ether oxygens (including phenoxy) is 4. The van der Waals surface area contributed by atoms with Crippen LogP contribution in [0.3, 0.4) is 0 Å². The molecule has 0 saturated carbocycles. The van der Waals surface area contributed by atoms with Crippen LogP contribution in [0.4, 0.5) is 0 Å². The Morgan fingerprint density at radius 1 is 0.725 bits per heavy atom. The van der Waals surface area contributed by atoms with Crippen LogP contribution < -0.4 is 0 Å². The quantitative estimate of drug-likeness (QED) is 0.188. The normalized spacial score (nSPS) is 29.6. The summed E-state index contributed by atoms with van der Waals surface area (Å²) in [5.41, 5.74) is 1.97. The summed E-state index contributed by atoms with van der Waals surface area (Å²) in [4.78, 5) is 4.04. The molecule has 51 heavy (non-hydrogen) atoms. The minimum absolute atomic E-state index is 0.0513. The molecule has 286 valence electrons.